The SMILES string of the molecule is COCCOCC(O)CNC1CCCC(C)C1. The maximum Gasteiger partial charge on any atom is 0.0897 e. The summed E-state index contributed by atoms with van der Waals surface area (Å²) in [6, 6.07) is 0.576. The quantitative estimate of drug-likeness (QED) is 0.631. The zero-order valence-electron chi connectivity index (χ0n) is 11.2. The third-order valence-electron chi connectivity index (χ3n) is 3.32. The van der Waals surface area contributed by atoms with Crippen molar-refractivity contribution in [2.45, 2.75) is 44.8 Å². The van der Waals surface area contributed by atoms with Crippen molar-refractivity contribution in [2.75, 3.05) is 33.5 Å². The number of rotatable bonds is 8. The number of hydrogen-bond donors (Lipinski definition) is 2. The average Bonchev–Trinajstić information content (AvgIpc) is 2.32. The molecule has 0 radical (unpaired) electrons. The molecule has 4 heteroatoms. The van der Waals surface area contributed by atoms with Crippen molar-refractivity contribution in [1.82, 2.24) is 5.32 Å². The zero-order valence-corrected chi connectivity index (χ0v) is 11.2. The van der Waals surface area contributed by atoms with Crippen LogP contribution in [0, 0.1) is 5.92 Å². The molecule has 0 amide bonds. The van der Waals surface area contributed by atoms with Crippen LogP contribution in [0.25, 0.3) is 0 Å². The highest BCUT2D eigenvalue weighted by Gasteiger charge is 2.18. The summed E-state index contributed by atoms with van der Waals surface area (Å²) < 4.78 is 10.2. The predicted octanol–water partition coefficient (Wildman–Crippen LogP) is 1.18. The Labute approximate surface area is 105 Å². The first-order valence-electron chi connectivity index (χ1n) is 6.70. The number of methoxy groups -OCH3 is 1. The van der Waals surface area contributed by atoms with Crippen molar-refractivity contribution in [1.29, 1.82) is 0 Å². The Morgan fingerprint density at radius 3 is 2.88 bits per heavy atom. The number of aliphatic hydroxyl groups is 1. The van der Waals surface area contributed by atoms with Gasteiger partial charge in [0.15, 0.2) is 0 Å². The lowest BCUT2D eigenvalue weighted by Crippen LogP contribution is -2.39. The molecule has 2 N–H and O–H groups in total. The summed E-state index contributed by atoms with van der Waals surface area (Å²) in [4.78, 5) is 0. The smallest absolute Gasteiger partial charge is 0.0897 e. The van der Waals surface area contributed by atoms with Crippen LogP contribution >= 0.6 is 0 Å². The van der Waals surface area contributed by atoms with Crippen LogP contribution < -0.4 is 5.32 Å². The van der Waals surface area contributed by atoms with Gasteiger partial charge in [-0.05, 0) is 18.8 Å². The molecule has 0 saturated heterocycles. The molecule has 0 heterocycles. The molecular formula is C13H27NO3. The van der Waals surface area contributed by atoms with E-state index in [0.717, 1.165) is 5.92 Å². The van der Waals surface area contributed by atoms with Crippen LogP contribution in [0.4, 0.5) is 0 Å². The Kier molecular flexibility index (Phi) is 7.77. The first-order valence-corrected chi connectivity index (χ1v) is 6.70. The van der Waals surface area contributed by atoms with Gasteiger partial charge < -0.3 is 19.9 Å². The maximum atomic E-state index is 9.72. The molecule has 0 spiro atoms. The molecule has 1 saturated carbocycles. The van der Waals surface area contributed by atoms with Crippen molar-refractivity contribution in [3.63, 3.8) is 0 Å². The van der Waals surface area contributed by atoms with Gasteiger partial charge in [0.1, 0.15) is 0 Å². The Morgan fingerprint density at radius 2 is 2.18 bits per heavy atom. The van der Waals surface area contributed by atoms with Crippen molar-refractivity contribution in [2.24, 2.45) is 5.92 Å². The molecule has 0 bridgehead atoms. The summed E-state index contributed by atoms with van der Waals surface area (Å²) >= 11 is 0. The average molecular weight is 245 g/mol. The summed E-state index contributed by atoms with van der Waals surface area (Å²) in [6.07, 6.45) is 4.71. The van der Waals surface area contributed by atoms with Crippen LogP contribution in [-0.2, 0) is 9.47 Å². The monoisotopic (exact) mass is 245 g/mol. The molecule has 1 fully saturated rings. The summed E-state index contributed by atoms with van der Waals surface area (Å²) in [5.74, 6) is 0.816. The van der Waals surface area contributed by atoms with Crippen LogP contribution in [0.3, 0.4) is 0 Å². The molecule has 3 unspecified atom stereocenters. The number of aliphatic hydroxyl groups excluding tert-OH is 1. The Hall–Kier alpha value is -0.160. The Morgan fingerprint density at radius 1 is 1.35 bits per heavy atom. The van der Waals surface area contributed by atoms with Gasteiger partial charge in [-0.25, -0.2) is 0 Å². The molecule has 3 atom stereocenters. The number of nitrogens with one attached hydrogen (secondary N) is 1. The van der Waals surface area contributed by atoms with E-state index in [-0.39, 0.29) is 0 Å². The van der Waals surface area contributed by atoms with Crippen LogP contribution in [0.2, 0.25) is 0 Å². The molecule has 4 nitrogen and oxygen atoms in total. The van der Waals surface area contributed by atoms with Crippen LogP contribution in [0.5, 0.6) is 0 Å². The summed E-state index contributed by atoms with van der Waals surface area (Å²) in [7, 11) is 1.64. The molecule has 1 aliphatic carbocycles. The van der Waals surface area contributed by atoms with E-state index in [2.05, 4.69) is 12.2 Å². The largest absolute Gasteiger partial charge is 0.389 e. The molecule has 0 aromatic carbocycles. The van der Waals surface area contributed by atoms with Gasteiger partial charge in [-0.1, -0.05) is 19.8 Å². The fraction of sp³-hybridized carbons (Fsp3) is 1.00. The van der Waals surface area contributed by atoms with Gasteiger partial charge in [-0.2, -0.15) is 0 Å². The molecule has 0 aromatic heterocycles. The molecule has 1 rings (SSSR count). The zero-order chi connectivity index (χ0) is 12.5. The standard InChI is InChI=1S/C13H27NO3/c1-11-4-3-5-12(8-11)14-9-13(15)10-17-7-6-16-2/h11-15H,3-10H2,1-2H3. The minimum Gasteiger partial charge on any atom is -0.389 e. The minimum absolute atomic E-state index is 0.388. The Bertz CT molecular complexity index is 190. The highest BCUT2D eigenvalue weighted by Crippen LogP contribution is 2.23. The van der Waals surface area contributed by atoms with Crippen LogP contribution in [0.15, 0.2) is 0 Å². The topological polar surface area (TPSA) is 50.7 Å². The van der Waals surface area contributed by atoms with Crippen molar-refractivity contribution < 1.29 is 14.6 Å². The molecule has 102 valence electrons. The first kappa shape index (κ1) is 14.9. The second-order valence-corrected chi connectivity index (χ2v) is 5.10. The second-order valence-electron chi connectivity index (χ2n) is 5.10. The van der Waals surface area contributed by atoms with Gasteiger partial charge >= 0.3 is 0 Å². The fourth-order valence-corrected chi connectivity index (χ4v) is 2.34. The van der Waals surface area contributed by atoms with Crippen LogP contribution in [-0.4, -0.2) is 50.7 Å². The van der Waals surface area contributed by atoms with Crippen LogP contribution in [0.1, 0.15) is 32.6 Å². The van der Waals surface area contributed by atoms with E-state index in [1.165, 1.54) is 25.7 Å². The van der Waals surface area contributed by atoms with Gasteiger partial charge in [0.2, 0.25) is 0 Å². The molecule has 0 aliphatic heterocycles. The van der Waals surface area contributed by atoms with E-state index in [0.29, 0.717) is 32.4 Å². The first-order chi connectivity index (χ1) is 8.22. The third kappa shape index (κ3) is 6.99. The number of hydrogen-bond acceptors (Lipinski definition) is 4. The summed E-state index contributed by atoms with van der Waals surface area (Å²) in [6.45, 7) is 4.45. The molecule has 1 aliphatic rings. The van der Waals surface area contributed by atoms with Gasteiger partial charge in [0, 0.05) is 19.7 Å². The van der Waals surface area contributed by atoms with Gasteiger partial charge in [-0.15, -0.1) is 0 Å². The van der Waals surface area contributed by atoms with Crippen molar-refractivity contribution >= 4 is 0 Å². The highest BCUT2D eigenvalue weighted by molar-refractivity contribution is 4.76. The predicted molar refractivity (Wildman–Crippen MR) is 68.1 cm³/mol. The number of ether oxygens (including phenoxy) is 2. The van der Waals surface area contributed by atoms with E-state index in [1.807, 2.05) is 0 Å². The van der Waals surface area contributed by atoms with Gasteiger partial charge in [-0.3, -0.25) is 0 Å². The lowest BCUT2D eigenvalue weighted by Gasteiger charge is -2.28. The maximum absolute atomic E-state index is 9.72. The minimum atomic E-state index is -0.413. The van der Waals surface area contributed by atoms with E-state index in [1.54, 1.807) is 7.11 Å². The van der Waals surface area contributed by atoms with Gasteiger partial charge in [0.25, 0.3) is 0 Å². The fourth-order valence-electron chi connectivity index (χ4n) is 2.34. The highest BCUT2D eigenvalue weighted by atomic mass is 16.5. The Balaban J connectivity index is 2.00. The van der Waals surface area contributed by atoms with E-state index >= 15 is 0 Å². The lowest BCUT2D eigenvalue weighted by molar-refractivity contribution is 0.0122. The van der Waals surface area contributed by atoms with Crippen molar-refractivity contribution in [3.8, 4) is 0 Å². The normalized spacial score (nSPS) is 27.0. The van der Waals surface area contributed by atoms with E-state index < -0.39 is 6.10 Å². The summed E-state index contributed by atoms with van der Waals surface area (Å²) in [5.41, 5.74) is 0. The van der Waals surface area contributed by atoms with Gasteiger partial charge in [0.05, 0.1) is 25.9 Å². The third-order valence-corrected chi connectivity index (χ3v) is 3.32. The second kappa shape index (κ2) is 8.86. The molecular weight excluding hydrogens is 218 g/mol. The summed E-state index contributed by atoms with van der Waals surface area (Å²) in [5, 5.41) is 13.1. The molecule has 0 aromatic rings. The van der Waals surface area contributed by atoms with E-state index in [4.69, 9.17) is 9.47 Å². The van der Waals surface area contributed by atoms with E-state index in [9.17, 15) is 5.11 Å². The lowest BCUT2D eigenvalue weighted by atomic mass is 9.87. The molecule has 17 heavy (non-hydrogen) atoms. The van der Waals surface area contributed by atoms with Crippen molar-refractivity contribution in [3.05, 3.63) is 0 Å².